The topological polar surface area (TPSA) is 78.4 Å². The van der Waals surface area contributed by atoms with Crippen molar-refractivity contribution in [1.29, 1.82) is 0 Å². The molecule has 0 spiro atoms. The van der Waals surface area contributed by atoms with E-state index in [-0.39, 0.29) is 12.5 Å². The molecule has 0 saturated carbocycles. The van der Waals surface area contributed by atoms with Gasteiger partial charge in [0.2, 0.25) is 0 Å². The summed E-state index contributed by atoms with van der Waals surface area (Å²) in [6.45, 7) is 3.66. The number of carboxylic acids is 1. The van der Waals surface area contributed by atoms with Crippen molar-refractivity contribution in [2.24, 2.45) is 0 Å². The van der Waals surface area contributed by atoms with Gasteiger partial charge in [-0.25, -0.2) is 4.79 Å². The predicted molar refractivity (Wildman–Crippen MR) is 69.7 cm³/mol. The van der Waals surface area contributed by atoms with Crippen LogP contribution in [0.5, 0.6) is 0 Å². The van der Waals surface area contributed by atoms with E-state index in [2.05, 4.69) is 10.6 Å². The number of nitrogens with one attached hydrogen (secondary N) is 2. The number of urea groups is 1. The summed E-state index contributed by atoms with van der Waals surface area (Å²) in [7, 11) is 0. The number of rotatable bonds is 5. The van der Waals surface area contributed by atoms with Gasteiger partial charge in [-0.15, -0.1) is 0 Å². The molecule has 5 nitrogen and oxygen atoms in total. The fourth-order valence-electron chi connectivity index (χ4n) is 1.65. The largest absolute Gasteiger partial charge is 0.481 e. The quantitative estimate of drug-likeness (QED) is 0.749. The zero-order chi connectivity index (χ0) is 13.5. The van der Waals surface area contributed by atoms with E-state index in [4.69, 9.17) is 5.11 Å². The Bertz CT molecular complexity index is 432. The lowest BCUT2D eigenvalue weighted by Crippen LogP contribution is -2.37. The summed E-state index contributed by atoms with van der Waals surface area (Å²) in [6.07, 6.45) is 0.726. The molecule has 0 aliphatic carbocycles. The fraction of sp³-hybridized carbons (Fsp3) is 0.385. The van der Waals surface area contributed by atoms with Gasteiger partial charge in [0.05, 0.1) is 6.42 Å². The Morgan fingerprint density at radius 2 is 2.00 bits per heavy atom. The molecule has 1 atom stereocenters. The SMILES string of the molecule is CCc1ccccc1NC(=O)NC(C)CC(=O)O. The van der Waals surface area contributed by atoms with Crippen molar-refractivity contribution >= 4 is 17.7 Å². The van der Waals surface area contributed by atoms with E-state index in [1.54, 1.807) is 6.92 Å². The highest BCUT2D eigenvalue weighted by Crippen LogP contribution is 2.15. The number of benzene rings is 1. The van der Waals surface area contributed by atoms with Crippen LogP contribution in [0.1, 0.15) is 25.8 Å². The molecule has 1 aromatic carbocycles. The lowest BCUT2D eigenvalue weighted by atomic mass is 10.1. The van der Waals surface area contributed by atoms with Gasteiger partial charge in [-0.3, -0.25) is 4.79 Å². The second-order valence-corrected chi connectivity index (χ2v) is 4.11. The van der Waals surface area contributed by atoms with Crippen LogP contribution in [-0.2, 0) is 11.2 Å². The first-order chi connectivity index (χ1) is 8.52. The van der Waals surface area contributed by atoms with Gasteiger partial charge >= 0.3 is 12.0 Å². The number of para-hydroxylation sites is 1. The van der Waals surface area contributed by atoms with Gasteiger partial charge in [-0.05, 0) is 25.0 Å². The van der Waals surface area contributed by atoms with Gasteiger partial charge in [0.1, 0.15) is 0 Å². The van der Waals surface area contributed by atoms with E-state index < -0.39 is 12.0 Å². The maximum absolute atomic E-state index is 11.7. The van der Waals surface area contributed by atoms with E-state index in [1.807, 2.05) is 31.2 Å². The minimum absolute atomic E-state index is 0.0944. The second-order valence-electron chi connectivity index (χ2n) is 4.11. The summed E-state index contributed by atoms with van der Waals surface area (Å²) in [6, 6.07) is 6.72. The molecule has 0 saturated heterocycles. The predicted octanol–water partition coefficient (Wildman–Crippen LogP) is 2.23. The Kier molecular flexibility index (Phi) is 5.17. The average molecular weight is 250 g/mol. The van der Waals surface area contributed by atoms with Crippen LogP contribution >= 0.6 is 0 Å². The van der Waals surface area contributed by atoms with Crippen LogP contribution in [0.15, 0.2) is 24.3 Å². The van der Waals surface area contributed by atoms with Crippen molar-refractivity contribution in [3.63, 3.8) is 0 Å². The van der Waals surface area contributed by atoms with Crippen molar-refractivity contribution in [1.82, 2.24) is 5.32 Å². The number of hydrogen-bond donors (Lipinski definition) is 3. The van der Waals surface area contributed by atoms with Crippen LogP contribution in [0.4, 0.5) is 10.5 Å². The minimum atomic E-state index is -0.934. The Labute approximate surface area is 106 Å². The number of carboxylic acid groups (broad SMARTS) is 1. The van der Waals surface area contributed by atoms with Gasteiger partial charge in [0.15, 0.2) is 0 Å². The molecule has 0 radical (unpaired) electrons. The molecule has 0 fully saturated rings. The summed E-state index contributed by atoms with van der Waals surface area (Å²) >= 11 is 0. The monoisotopic (exact) mass is 250 g/mol. The Morgan fingerprint density at radius 3 is 2.61 bits per heavy atom. The molecule has 5 heteroatoms. The normalized spacial score (nSPS) is 11.7. The molecule has 0 aliphatic heterocycles. The van der Waals surface area contributed by atoms with Crippen LogP contribution in [0, 0.1) is 0 Å². The van der Waals surface area contributed by atoms with Crippen LogP contribution in [0.25, 0.3) is 0 Å². The van der Waals surface area contributed by atoms with E-state index >= 15 is 0 Å². The molecular weight excluding hydrogens is 232 g/mol. The summed E-state index contributed by atoms with van der Waals surface area (Å²) in [5.41, 5.74) is 1.79. The van der Waals surface area contributed by atoms with Crippen LogP contribution in [-0.4, -0.2) is 23.1 Å². The molecule has 0 aromatic heterocycles. The van der Waals surface area contributed by atoms with Gasteiger partial charge in [-0.2, -0.15) is 0 Å². The van der Waals surface area contributed by atoms with Crippen molar-refractivity contribution in [3.05, 3.63) is 29.8 Å². The maximum Gasteiger partial charge on any atom is 0.319 e. The third kappa shape index (κ3) is 4.45. The highest BCUT2D eigenvalue weighted by atomic mass is 16.4. The van der Waals surface area contributed by atoms with Crippen molar-refractivity contribution < 1.29 is 14.7 Å². The van der Waals surface area contributed by atoms with E-state index in [9.17, 15) is 9.59 Å². The standard InChI is InChI=1S/C13H18N2O3/c1-3-10-6-4-5-7-11(10)15-13(18)14-9(2)8-12(16)17/h4-7,9H,3,8H2,1-2H3,(H,16,17)(H2,14,15,18). The van der Waals surface area contributed by atoms with Crippen molar-refractivity contribution in [2.75, 3.05) is 5.32 Å². The number of aliphatic carboxylic acids is 1. The first-order valence-corrected chi connectivity index (χ1v) is 5.90. The van der Waals surface area contributed by atoms with Gasteiger partial charge < -0.3 is 15.7 Å². The first kappa shape index (κ1) is 14.0. The third-order valence-corrected chi connectivity index (χ3v) is 2.50. The minimum Gasteiger partial charge on any atom is -0.481 e. The number of hydrogen-bond acceptors (Lipinski definition) is 2. The lowest BCUT2D eigenvalue weighted by molar-refractivity contribution is -0.137. The molecule has 3 N–H and O–H groups in total. The Morgan fingerprint density at radius 1 is 1.33 bits per heavy atom. The molecule has 0 bridgehead atoms. The third-order valence-electron chi connectivity index (χ3n) is 2.50. The number of carbonyl (C=O) groups is 2. The van der Waals surface area contributed by atoms with E-state index in [1.165, 1.54) is 0 Å². The van der Waals surface area contributed by atoms with Gasteiger partial charge in [0, 0.05) is 11.7 Å². The van der Waals surface area contributed by atoms with Crippen molar-refractivity contribution in [2.45, 2.75) is 32.7 Å². The number of anilines is 1. The lowest BCUT2D eigenvalue weighted by Gasteiger charge is -2.14. The van der Waals surface area contributed by atoms with E-state index in [0.29, 0.717) is 0 Å². The molecule has 1 rings (SSSR count). The number of carbonyl (C=O) groups excluding carboxylic acids is 1. The molecule has 1 aromatic rings. The van der Waals surface area contributed by atoms with Crippen molar-refractivity contribution in [3.8, 4) is 0 Å². The number of amides is 2. The molecule has 2 amide bonds. The van der Waals surface area contributed by atoms with Gasteiger partial charge in [0.25, 0.3) is 0 Å². The highest BCUT2D eigenvalue weighted by molar-refractivity contribution is 5.90. The molecule has 98 valence electrons. The zero-order valence-electron chi connectivity index (χ0n) is 10.6. The second kappa shape index (κ2) is 6.64. The Balaban J connectivity index is 2.56. The zero-order valence-corrected chi connectivity index (χ0v) is 10.6. The average Bonchev–Trinajstić information content (AvgIpc) is 2.28. The summed E-state index contributed by atoms with van der Waals surface area (Å²) < 4.78 is 0. The van der Waals surface area contributed by atoms with E-state index in [0.717, 1.165) is 17.7 Å². The van der Waals surface area contributed by atoms with Crippen LogP contribution < -0.4 is 10.6 Å². The summed E-state index contributed by atoms with van der Waals surface area (Å²) in [5.74, 6) is -0.934. The maximum atomic E-state index is 11.7. The molecule has 18 heavy (non-hydrogen) atoms. The summed E-state index contributed by atoms with van der Waals surface area (Å²) in [4.78, 5) is 22.1. The number of aryl methyl sites for hydroxylation is 1. The molecular formula is C13H18N2O3. The van der Waals surface area contributed by atoms with Crippen LogP contribution in [0.2, 0.25) is 0 Å². The smallest absolute Gasteiger partial charge is 0.319 e. The first-order valence-electron chi connectivity index (χ1n) is 5.90. The molecule has 1 unspecified atom stereocenters. The van der Waals surface area contributed by atoms with Gasteiger partial charge in [-0.1, -0.05) is 25.1 Å². The summed E-state index contributed by atoms with van der Waals surface area (Å²) in [5, 5.41) is 13.9. The highest BCUT2D eigenvalue weighted by Gasteiger charge is 2.11. The Hall–Kier alpha value is -2.04. The molecule has 0 aliphatic rings. The molecule has 0 heterocycles. The fourth-order valence-corrected chi connectivity index (χ4v) is 1.65. The van der Waals surface area contributed by atoms with Crippen LogP contribution in [0.3, 0.4) is 0 Å².